The van der Waals surface area contributed by atoms with E-state index in [1.807, 2.05) is 38.1 Å². The molecule has 0 saturated heterocycles. The minimum atomic E-state index is -0.130. The third-order valence-corrected chi connectivity index (χ3v) is 3.86. The smallest absolute Gasteiger partial charge is 0.263 e. The molecule has 19 heavy (non-hydrogen) atoms. The predicted molar refractivity (Wildman–Crippen MR) is 79.5 cm³/mol. The van der Waals surface area contributed by atoms with Crippen molar-refractivity contribution < 1.29 is 4.79 Å². The fraction of sp³-hybridized carbons (Fsp3) is 0.385. The lowest BCUT2D eigenvalue weighted by Crippen LogP contribution is -2.39. The summed E-state index contributed by atoms with van der Waals surface area (Å²) in [6.45, 7) is 2.76. The van der Waals surface area contributed by atoms with E-state index in [9.17, 15) is 4.79 Å². The van der Waals surface area contributed by atoms with Gasteiger partial charge < -0.3 is 16.0 Å². The molecule has 0 bridgehead atoms. The number of nitrogen functional groups attached to an aromatic ring is 1. The maximum Gasteiger partial charge on any atom is 0.263 e. The number of likely N-dealkylation sites (N-methyl/N-ethyl adjacent to an activating group) is 1. The second-order valence-corrected chi connectivity index (χ2v) is 5.88. The van der Waals surface area contributed by atoms with E-state index in [1.54, 1.807) is 6.20 Å². The number of hydrogen-bond donors (Lipinski definition) is 2. The van der Waals surface area contributed by atoms with Gasteiger partial charge in [0.05, 0.1) is 10.4 Å². The Morgan fingerprint density at radius 3 is 2.95 bits per heavy atom. The first-order valence-corrected chi connectivity index (χ1v) is 6.89. The third kappa shape index (κ3) is 3.02. The summed E-state index contributed by atoms with van der Waals surface area (Å²) in [5.74, 6) is -0.130. The standard InChI is InChI=1S/C13H18N4OS/c1-8(7-17(2)3)16-13(18)12-10(14)11-9(19-12)5-4-6-15-11/h4-6,8H,7,14H2,1-3H3,(H,16,18). The van der Waals surface area contributed by atoms with E-state index >= 15 is 0 Å². The molecule has 0 aromatic carbocycles. The van der Waals surface area contributed by atoms with Crippen molar-refractivity contribution >= 4 is 33.1 Å². The minimum Gasteiger partial charge on any atom is -0.396 e. The maximum absolute atomic E-state index is 12.2. The average molecular weight is 278 g/mol. The third-order valence-electron chi connectivity index (χ3n) is 2.71. The normalized spacial score (nSPS) is 12.8. The molecule has 1 unspecified atom stereocenters. The summed E-state index contributed by atoms with van der Waals surface area (Å²) < 4.78 is 0.936. The van der Waals surface area contributed by atoms with Crippen molar-refractivity contribution in [2.75, 3.05) is 26.4 Å². The Hall–Kier alpha value is -1.66. The van der Waals surface area contributed by atoms with Gasteiger partial charge in [-0.15, -0.1) is 11.3 Å². The highest BCUT2D eigenvalue weighted by Crippen LogP contribution is 2.31. The Morgan fingerprint density at radius 1 is 1.58 bits per heavy atom. The largest absolute Gasteiger partial charge is 0.396 e. The maximum atomic E-state index is 12.2. The van der Waals surface area contributed by atoms with Crippen molar-refractivity contribution in [2.24, 2.45) is 0 Å². The number of rotatable bonds is 4. The lowest BCUT2D eigenvalue weighted by molar-refractivity contribution is 0.0939. The zero-order chi connectivity index (χ0) is 14.0. The van der Waals surface area contributed by atoms with Crippen molar-refractivity contribution in [1.82, 2.24) is 15.2 Å². The first-order valence-electron chi connectivity index (χ1n) is 6.07. The lowest BCUT2D eigenvalue weighted by atomic mass is 10.2. The molecule has 1 amide bonds. The Labute approximate surface area is 116 Å². The number of nitrogens with one attached hydrogen (secondary N) is 1. The summed E-state index contributed by atoms with van der Waals surface area (Å²) in [5.41, 5.74) is 7.17. The van der Waals surface area contributed by atoms with Gasteiger partial charge in [-0.2, -0.15) is 0 Å². The van der Waals surface area contributed by atoms with Gasteiger partial charge in [-0.05, 0) is 33.2 Å². The van der Waals surface area contributed by atoms with E-state index in [0.717, 1.165) is 11.2 Å². The number of nitrogens with two attached hydrogens (primary N) is 1. The average Bonchev–Trinajstić information content (AvgIpc) is 2.66. The number of aromatic nitrogens is 1. The molecule has 0 saturated carbocycles. The summed E-state index contributed by atoms with van der Waals surface area (Å²) in [7, 11) is 3.95. The quantitative estimate of drug-likeness (QED) is 0.890. The zero-order valence-electron chi connectivity index (χ0n) is 11.3. The van der Waals surface area contributed by atoms with Gasteiger partial charge in [-0.1, -0.05) is 0 Å². The predicted octanol–water partition coefficient (Wildman–Crippen LogP) is 1.56. The van der Waals surface area contributed by atoms with Gasteiger partial charge >= 0.3 is 0 Å². The molecule has 2 aromatic rings. The van der Waals surface area contributed by atoms with Crippen LogP contribution in [0.5, 0.6) is 0 Å². The summed E-state index contributed by atoms with van der Waals surface area (Å²) in [6, 6.07) is 3.83. The summed E-state index contributed by atoms with van der Waals surface area (Å²) in [6.07, 6.45) is 1.68. The number of carbonyl (C=O) groups excluding carboxylic acids is 1. The van der Waals surface area contributed by atoms with Crippen LogP contribution in [0, 0.1) is 0 Å². The minimum absolute atomic E-state index is 0.0695. The molecule has 3 N–H and O–H groups in total. The molecular weight excluding hydrogens is 260 g/mol. The molecule has 0 radical (unpaired) electrons. The number of fused-ring (bicyclic) bond motifs is 1. The Bertz CT molecular complexity index is 593. The van der Waals surface area contributed by atoms with Crippen LogP contribution in [0.1, 0.15) is 16.6 Å². The molecule has 1 atom stereocenters. The van der Waals surface area contributed by atoms with Gasteiger partial charge in [0.1, 0.15) is 10.4 Å². The van der Waals surface area contributed by atoms with Crippen LogP contribution < -0.4 is 11.1 Å². The van der Waals surface area contributed by atoms with Crippen LogP contribution in [-0.2, 0) is 0 Å². The van der Waals surface area contributed by atoms with Crippen molar-refractivity contribution in [2.45, 2.75) is 13.0 Å². The molecule has 0 fully saturated rings. The summed E-state index contributed by atoms with van der Waals surface area (Å²) >= 11 is 1.38. The Kier molecular flexibility index (Phi) is 4.01. The van der Waals surface area contributed by atoms with E-state index in [4.69, 9.17) is 5.73 Å². The Morgan fingerprint density at radius 2 is 2.32 bits per heavy atom. The van der Waals surface area contributed by atoms with Crippen LogP contribution in [0.25, 0.3) is 10.2 Å². The van der Waals surface area contributed by atoms with E-state index in [1.165, 1.54) is 11.3 Å². The summed E-state index contributed by atoms with van der Waals surface area (Å²) in [5, 5.41) is 2.95. The number of pyridine rings is 1. The number of hydrogen-bond acceptors (Lipinski definition) is 5. The zero-order valence-corrected chi connectivity index (χ0v) is 12.1. The first kappa shape index (κ1) is 13.8. The number of nitrogens with zero attached hydrogens (tertiary/aromatic N) is 2. The molecule has 2 aromatic heterocycles. The monoisotopic (exact) mass is 278 g/mol. The number of amides is 1. The molecule has 0 aliphatic rings. The van der Waals surface area contributed by atoms with Crippen molar-refractivity contribution in [1.29, 1.82) is 0 Å². The van der Waals surface area contributed by atoms with Crippen molar-refractivity contribution in [3.8, 4) is 0 Å². The fourth-order valence-corrected chi connectivity index (χ4v) is 2.98. The second kappa shape index (κ2) is 5.54. The highest BCUT2D eigenvalue weighted by atomic mass is 32.1. The lowest BCUT2D eigenvalue weighted by Gasteiger charge is -2.17. The highest BCUT2D eigenvalue weighted by molar-refractivity contribution is 7.21. The SMILES string of the molecule is CC(CN(C)C)NC(=O)c1sc2cccnc2c1N. The second-order valence-electron chi connectivity index (χ2n) is 4.83. The van der Waals surface area contributed by atoms with Crippen molar-refractivity contribution in [3.05, 3.63) is 23.2 Å². The van der Waals surface area contributed by atoms with Gasteiger partial charge in [0.25, 0.3) is 5.91 Å². The molecular formula is C13H18N4OS. The van der Waals surface area contributed by atoms with Crippen LogP contribution >= 0.6 is 11.3 Å². The number of anilines is 1. The Balaban J connectivity index is 2.20. The first-order chi connectivity index (χ1) is 8.99. The van der Waals surface area contributed by atoms with Gasteiger partial charge in [0.2, 0.25) is 0 Å². The fourth-order valence-electron chi connectivity index (χ4n) is 2.00. The highest BCUT2D eigenvalue weighted by Gasteiger charge is 2.18. The summed E-state index contributed by atoms with van der Waals surface area (Å²) in [4.78, 5) is 19.0. The molecule has 0 aliphatic heterocycles. The van der Waals surface area contributed by atoms with Crippen LogP contribution in [0.2, 0.25) is 0 Å². The van der Waals surface area contributed by atoms with E-state index in [0.29, 0.717) is 16.1 Å². The van der Waals surface area contributed by atoms with Gasteiger partial charge in [-0.3, -0.25) is 9.78 Å². The van der Waals surface area contributed by atoms with E-state index < -0.39 is 0 Å². The number of thiophene rings is 1. The molecule has 0 aliphatic carbocycles. The van der Waals surface area contributed by atoms with Crippen LogP contribution in [-0.4, -0.2) is 42.5 Å². The molecule has 2 heterocycles. The van der Waals surface area contributed by atoms with E-state index in [-0.39, 0.29) is 11.9 Å². The van der Waals surface area contributed by atoms with Crippen LogP contribution in [0.4, 0.5) is 5.69 Å². The van der Waals surface area contributed by atoms with Crippen LogP contribution in [0.15, 0.2) is 18.3 Å². The molecule has 0 spiro atoms. The number of carbonyl (C=O) groups is 1. The molecule has 2 rings (SSSR count). The molecule has 102 valence electrons. The van der Waals surface area contributed by atoms with Gasteiger partial charge in [-0.25, -0.2) is 0 Å². The van der Waals surface area contributed by atoms with Gasteiger partial charge in [0, 0.05) is 18.8 Å². The van der Waals surface area contributed by atoms with E-state index in [2.05, 4.69) is 10.3 Å². The topological polar surface area (TPSA) is 71.2 Å². The molecule has 5 nitrogen and oxygen atoms in total. The molecule has 6 heteroatoms. The van der Waals surface area contributed by atoms with Crippen molar-refractivity contribution in [3.63, 3.8) is 0 Å². The van der Waals surface area contributed by atoms with Gasteiger partial charge in [0.15, 0.2) is 0 Å². The van der Waals surface area contributed by atoms with Crippen LogP contribution in [0.3, 0.4) is 0 Å².